The van der Waals surface area contributed by atoms with Crippen LogP contribution in [0, 0.1) is 13.8 Å². The van der Waals surface area contributed by atoms with E-state index in [4.69, 9.17) is 18.9 Å². The molecule has 6 rings (SSSR count). The molecule has 1 amide bonds. The van der Waals surface area contributed by atoms with Crippen LogP contribution in [0.2, 0.25) is 0 Å². The number of hydrogen-bond acceptors (Lipinski definition) is 8. The van der Waals surface area contributed by atoms with E-state index >= 15 is 0 Å². The van der Waals surface area contributed by atoms with Gasteiger partial charge in [0.15, 0.2) is 4.80 Å². The van der Waals surface area contributed by atoms with Gasteiger partial charge in [-0.1, -0.05) is 53.3 Å². The second kappa shape index (κ2) is 13.1. The number of carbonyl (C=O) groups is 2. The van der Waals surface area contributed by atoms with Gasteiger partial charge in [0, 0.05) is 17.3 Å². The number of ether oxygens (including phenoxy) is 2. The maximum absolute atomic E-state index is 14.1. The number of nitrogens with one attached hydrogen (secondary N) is 1. The van der Waals surface area contributed by atoms with Crippen LogP contribution in [0.3, 0.4) is 0 Å². The summed E-state index contributed by atoms with van der Waals surface area (Å²) in [6.45, 7) is 7.79. The zero-order valence-electron chi connectivity index (χ0n) is 26.6. The van der Waals surface area contributed by atoms with E-state index in [1.807, 2.05) is 62.4 Å². The number of anilines is 1. The fraction of sp³-hybridized carbons (Fsp3) is 0.189. The van der Waals surface area contributed by atoms with E-state index in [-0.39, 0.29) is 17.4 Å². The summed E-state index contributed by atoms with van der Waals surface area (Å²) in [6.07, 6.45) is 1.68. The van der Waals surface area contributed by atoms with E-state index in [1.165, 1.54) is 11.3 Å². The third-order valence-corrected chi connectivity index (χ3v) is 8.89. The Morgan fingerprint density at radius 3 is 2.43 bits per heavy atom. The molecule has 0 unspecified atom stereocenters. The molecule has 1 N–H and O–H groups in total. The van der Waals surface area contributed by atoms with Gasteiger partial charge in [-0.15, -0.1) is 0 Å². The number of esters is 1. The van der Waals surface area contributed by atoms with Crippen LogP contribution in [0.15, 0.2) is 104 Å². The van der Waals surface area contributed by atoms with Gasteiger partial charge < -0.3 is 19.2 Å². The monoisotopic (exact) mass is 647 g/mol. The van der Waals surface area contributed by atoms with Crippen LogP contribution in [0.25, 0.3) is 17.4 Å². The molecule has 2 aromatic heterocycles. The number of allylic oxidation sites excluding steroid dienone is 1. The van der Waals surface area contributed by atoms with Gasteiger partial charge in [0.2, 0.25) is 0 Å². The summed E-state index contributed by atoms with van der Waals surface area (Å²) in [4.78, 5) is 45.3. The third kappa shape index (κ3) is 6.32. The van der Waals surface area contributed by atoms with Gasteiger partial charge in [-0.05, 0) is 81.3 Å². The summed E-state index contributed by atoms with van der Waals surface area (Å²) in [5.74, 6) is 0.995. The predicted molar refractivity (Wildman–Crippen MR) is 181 cm³/mol. The highest BCUT2D eigenvalue weighted by atomic mass is 32.1. The molecule has 47 heavy (non-hydrogen) atoms. The molecular formula is C37H33N3O6S. The first-order valence-electron chi connectivity index (χ1n) is 15.1. The van der Waals surface area contributed by atoms with Crippen LogP contribution in [0.1, 0.15) is 52.7 Å². The lowest BCUT2D eigenvalue weighted by molar-refractivity contribution is -0.113. The molecular weight excluding hydrogens is 614 g/mol. The van der Waals surface area contributed by atoms with E-state index < -0.39 is 6.04 Å². The third-order valence-electron chi connectivity index (χ3n) is 7.91. The molecule has 1 atom stereocenters. The Morgan fingerprint density at radius 1 is 1.00 bits per heavy atom. The maximum atomic E-state index is 14.1. The van der Waals surface area contributed by atoms with E-state index in [0.29, 0.717) is 55.7 Å². The van der Waals surface area contributed by atoms with Crippen LogP contribution < -0.4 is 24.9 Å². The van der Waals surface area contributed by atoms with Crippen LogP contribution in [-0.4, -0.2) is 30.2 Å². The van der Waals surface area contributed by atoms with Crippen molar-refractivity contribution in [2.75, 3.05) is 19.0 Å². The Labute approximate surface area is 275 Å². The summed E-state index contributed by atoms with van der Waals surface area (Å²) >= 11 is 1.23. The first-order chi connectivity index (χ1) is 22.7. The smallest absolute Gasteiger partial charge is 0.338 e. The van der Waals surface area contributed by atoms with Gasteiger partial charge in [0.25, 0.3) is 11.5 Å². The van der Waals surface area contributed by atoms with Crippen molar-refractivity contribution in [2.45, 2.75) is 33.7 Å². The number of hydrogen-bond donors (Lipinski definition) is 1. The molecule has 9 nitrogen and oxygen atoms in total. The van der Waals surface area contributed by atoms with Gasteiger partial charge in [-0.2, -0.15) is 0 Å². The SMILES string of the molecule is CCOC(=O)c1ccc(-c2ccc(/C=c3/sc4n(c3=O)[C@@H](c3ccc(OC)cc3)C(C(=O)Nc3ccc(C)cc3C)=C(C)N=4)o2)cc1. The van der Waals surface area contributed by atoms with Gasteiger partial charge in [-0.3, -0.25) is 14.2 Å². The van der Waals surface area contributed by atoms with E-state index in [1.54, 1.807) is 61.9 Å². The van der Waals surface area contributed by atoms with E-state index in [2.05, 4.69) is 5.32 Å². The number of fused-ring (bicyclic) bond motifs is 1. The Bertz CT molecular complexity index is 2210. The van der Waals surface area contributed by atoms with Gasteiger partial charge in [-0.25, -0.2) is 9.79 Å². The first-order valence-corrected chi connectivity index (χ1v) is 15.9. The number of furan rings is 1. The summed E-state index contributed by atoms with van der Waals surface area (Å²) < 4.78 is 18.5. The summed E-state index contributed by atoms with van der Waals surface area (Å²) in [7, 11) is 1.59. The molecule has 5 aromatic rings. The zero-order chi connectivity index (χ0) is 33.2. The molecule has 0 spiro atoms. The Morgan fingerprint density at radius 2 is 1.74 bits per heavy atom. The highest BCUT2D eigenvalue weighted by Crippen LogP contribution is 2.32. The molecule has 0 bridgehead atoms. The second-order valence-electron chi connectivity index (χ2n) is 11.1. The number of nitrogens with zero attached hydrogens (tertiary/aromatic N) is 2. The lowest BCUT2D eigenvalue weighted by Gasteiger charge is -2.25. The minimum atomic E-state index is -0.727. The van der Waals surface area contributed by atoms with Crippen LogP contribution in [0.5, 0.6) is 5.75 Å². The lowest BCUT2D eigenvalue weighted by Crippen LogP contribution is -2.40. The van der Waals surface area contributed by atoms with Crippen molar-refractivity contribution in [2.24, 2.45) is 4.99 Å². The van der Waals surface area contributed by atoms with Gasteiger partial charge >= 0.3 is 5.97 Å². The molecule has 238 valence electrons. The number of thiazole rings is 1. The molecule has 0 fully saturated rings. The molecule has 1 aliphatic rings. The fourth-order valence-electron chi connectivity index (χ4n) is 5.56. The van der Waals surface area contributed by atoms with E-state index in [0.717, 1.165) is 22.3 Å². The topological polar surface area (TPSA) is 112 Å². The number of amides is 1. The minimum Gasteiger partial charge on any atom is -0.497 e. The Hall–Kier alpha value is -5.48. The van der Waals surface area contributed by atoms with Crippen LogP contribution >= 0.6 is 11.3 Å². The molecule has 3 aromatic carbocycles. The molecule has 10 heteroatoms. The number of methoxy groups -OCH3 is 1. The van der Waals surface area contributed by atoms with Crippen LogP contribution in [-0.2, 0) is 9.53 Å². The van der Waals surface area contributed by atoms with Crippen LogP contribution in [0.4, 0.5) is 5.69 Å². The molecule has 3 heterocycles. The number of carbonyl (C=O) groups excluding carboxylic acids is 2. The van der Waals surface area contributed by atoms with Crippen molar-refractivity contribution in [3.63, 3.8) is 0 Å². The maximum Gasteiger partial charge on any atom is 0.338 e. The standard InChI is InChI=1S/C37H33N3O6S/c1-6-45-36(43)26-10-8-24(9-11-26)30-18-16-28(46-30)20-31-35(42)40-33(25-12-14-27(44-5)15-13-25)32(23(4)38-37(40)47-31)34(41)39-29-17-7-21(2)19-22(29)3/h7-20,33H,6H2,1-5H3,(H,39,41)/b31-20+/t33-/m0/s1. The Kier molecular flexibility index (Phi) is 8.78. The summed E-state index contributed by atoms with van der Waals surface area (Å²) in [5.41, 5.74) is 5.28. The van der Waals surface area contributed by atoms with Crippen molar-refractivity contribution in [3.05, 3.63) is 138 Å². The normalized spacial score (nSPS) is 14.4. The second-order valence-corrected chi connectivity index (χ2v) is 12.1. The summed E-state index contributed by atoms with van der Waals surface area (Å²) in [5, 5.41) is 3.05. The van der Waals surface area contributed by atoms with E-state index in [9.17, 15) is 14.4 Å². The van der Waals surface area contributed by atoms with Gasteiger partial charge in [0.1, 0.15) is 17.3 Å². The van der Waals surface area contributed by atoms with Crippen molar-refractivity contribution < 1.29 is 23.5 Å². The number of aryl methyl sites for hydroxylation is 2. The number of benzene rings is 3. The zero-order valence-corrected chi connectivity index (χ0v) is 27.4. The highest BCUT2D eigenvalue weighted by molar-refractivity contribution is 7.07. The highest BCUT2D eigenvalue weighted by Gasteiger charge is 2.32. The first kappa shape index (κ1) is 31.5. The van der Waals surface area contributed by atoms with Crippen molar-refractivity contribution in [1.29, 1.82) is 0 Å². The van der Waals surface area contributed by atoms with Gasteiger partial charge in [0.05, 0.1) is 41.1 Å². The molecule has 0 aliphatic carbocycles. The molecule has 0 radical (unpaired) electrons. The average molecular weight is 648 g/mol. The minimum absolute atomic E-state index is 0.296. The van der Waals surface area contributed by atoms with Crippen molar-refractivity contribution in [3.8, 4) is 17.1 Å². The van der Waals surface area contributed by atoms with Crippen molar-refractivity contribution >= 4 is 35.0 Å². The average Bonchev–Trinajstić information content (AvgIpc) is 3.65. The number of aromatic nitrogens is 1. The quantitative estimate of drug-likeness (QED) is 0.209. The summed E-state index contributed by atoms with van der Waals surface area (Å²) in [6, 6.07) is 23.0. The lowest BCUT2D eigenvalue weighted by atomic mass is 9.95. The van der Waals surface area contributed by atoms with Crippen molar-refractivity contribution in [1.82, 2.24) is 4.57 Å². The predicted octanol–water partition coefficient (Wildman–Crippen LogP) is 5.94. The molecule has 0 saturated heterocycles. The number of rotatable bonds is 8. The molecule has 0 saturated carbocycles. The fourth-order valence-corrected chi connectivity index (χ4v) is 6.58. The Balaban J connectivity index is 1.39. The largest absolute Gasteiger partial charge is 0.497 e. The molecule has 1 aliphatic heterocycles.